The summed E-state index contributed by atoms with van der Waals surface area (Å²) in [6, 6.07) is 4.44. The molecule has 0 radical (unpaired) electrons. The molecule has 100 valence electrons. The van der Waals surface area contributed by atoms with Gasteiger partial charge in [0.25, 0.3) is 0 Å². The first kappa shape index (κ1) is 13.6. The van der Waals surface area contributed by atoms with Crippen LogP contribution in [0.3, 0.4) is 0 Å². The number of rotatable bonds is 1. The van der Waals surface area contributed by atoms with Gasteiger partial charge in [0.05, 0.1) is 23.8 Å². The van der Waals surface area contributed by atoms with Crippen molar-refractivity contribution in [2.75, 3.05) is 7.11 Å². The van der Waals surface area contributed by atoms with Crippen LogP contribution in [0.15, 0.2) is 24.3 Å². The topological polar surface area (TPSA) is 39.2 Å². The molecule has 7 heteroatoms. The number of carbonyl (C=O) groups excluding carboxylic acids is 1. The quantitative estimate of drug-likeness (QED) is 0.593. The molecule has 0 aliphatic carbocycles. The summed E-state index contributed by atoms with van der Waals surface area (Å²) >= 11 is 5.56. The Kier molecular flexibility index (Phi) is 3.36. The molecule has 0 unspecified atom stereocenters. The fraction of sp³-hybridized carbons (Fsp3) is 0.167. The first-order chi connectivity index (χ1) is 8.82. The summed E-state index contributed by atoms with van der Waals surface area (Å²) in [5, 5.41) is -0.453. The van der Waals surface area contributed by atoms with Gasteiger partial charge in [0.1, 0.15) is 5.15 Å². The maximum absolute atomic E-state index is 12.9. The molecule has 1 heterocycles. The van der Waals surface area contributed by atoms with Crippen molar-refractivity contribution in [1.82, 2.24) is 4.98 Å². The molecule has 0 saturated carbocycles. The van der Waals surface area contributed by atoms with E-state index in [2.05, 4.69) is 9.72 Å². The molecular formula is C12H7ClF3NO2. The molecule has 0 amide bonds. The van der Waals surface area contributed by atoms with Gasteiger partial charge in [-0.2, -0.15) is 13.2 Å². The summed E-state index contributed by atoms with van der Waals surface area (Å²) in [7, 11) is 1.15. The van der Waals surface area contributed by atoms with E-state index in [-0.39, 0.29) is 21.6 Å². The van der Waals surface area contributed by atoms with Crippen LogP contribution in [0, 0.1) is 0 Å². The Hall–Kier alpha value is -1.82. The standard InChI is InChI=1S/C12H7ClF3NO2/c1-19-11(18)6-2-3-9-7(4-6)8(12(14,15)16)5-10(13)17-9/h2-5H,1H3. The number of benzene rings is 1. The third-order valence-corrected chi connectivity index (χ3v) is 2.70. The lowest BCUT2D eigenvalue weighted by molar-refractivity contribution is -0.136. The molecule has 1 aromatic heterocycles. The second kappa shape index (κ2) is 4.70. The minimum atomic E-state index is -4.58. The van der Waals surface area contributed by atoms with Crippen LogP contribution < -0.4 is 0 Å². The number of ether oxygens (including phenoxy) is 1. The molecule has 0 fully saturated rings. The maximum atomic E-state index is 12.9. The number of aromatic nitrogens is 1. The highest BCUT2D eigenvalue weighted by molar-refractivity contribution is 6.30. The molecule has 0 atom stereocenters. The lowest BCUT2D eigenvalue weighted by atomic mass is 10.1. The van der Waals surface area contributed by atoms with E-state index in [1.807, 2.05) is 0 Å². The van der Waals surface area contributed by atoms with Gasteiger partial charge < -0.3 is 4.74 Å². The molecule has 19 heavy (non-hydrogen) atoms. The summed E-state index contributed by atoms with van der Waals surface area (Å²) in [5.74, 6) is -0.718. The van der Waals surface area contributed by atoms with Crippen molar-refractivity contribution >= 4 is 28.5 Å². The van der Waals surface area contributed by atoms with Gasteiger partial charge in [-0.15, -0.1) is 0 Å². The Morgan fingerprint density at radius 3 is 2.58 bits per heavy atom. The molecule has 3 nitrogen and oxygen atoms in total. The van der Waals surface area contributed by atoms with Crippen molar-refractivity contribution in [3.05, 3.63) is 40.5 Å². The number of esters is 1. The van der Waals surface area contributed by atoms with Gasteiger partial charge in [0, 0.05) is 5.39 Å². The van der Waals surface area contributed by atoms with Crippen molar-refractivity contribution in [1.29, 1.82) is 0 Å². The van der Waals surface area contributed by atoms with Crippen LogP contribution in [-0.2, 0) is 10.9 Å². The third kappa shape index (κ3) is 2.63. The van der Waals surface area contributed by atoms with Gasteiger partial charge in [-0.1, -0.05) is 11.6 Å². The second-order valence-electron chi connectivity index (χ2n) is 3.71. The lowest BCUT2D eigenvalue weighted by Crippen LogP contribution is -2.08. The van der Waals surface area contributed by atoms with Crippen molar-refractivity contribution in [2.24, 2.45) is 0 Å². The normalized spacial score (nSPS) is 11.6. The fourth-order valence-electron chi connectivity index (χ4n) is 1.67. The molecular weight excluding hydrogens is 283 g/mol. The smallest absolute Gasteiger partial charge is 0.417 e. The molecule has 0 saturated heterocycles. The Morgan fingerprint density at radius 2 is 2.00 bits per heavy atom. The number of pyridine rings is 1. The Labute approximate surface area is 111 Å². The van der Waals surface area contributed by atoms with Crippen molar-refractivity contribution in [3.8, 4) is 0 Å². The fourth-order valence-corrected chi connectivity index (χ4v) is 1.87. The molecule has 0 spiro atoms. The molecule has 0 aliphatic heterocycles. The van der Waals surface area contributed by atoms with E-state index >= 15 is 0 Å². The van der Waals surface area contributed by atoms with Crippen molar-refractivity contribution in [3.63, 3.8) is 0 Å². The van der Waals surface area contributed by atoms with Gasteiger partial charge in [-0.3, -0.25) is 0 Å². The number of methoxy groups -OCH3 is 1. The Bertz CT molecular complexity index is 655. The number of nitrogens with zero attached hydrogens (tertiary/aromatic N) is 1. The molecule has 0 N–H and O–H groups in total. The molecule has 2 rings (SSSR count). The number of hydrogen-bond acceptors (Lipinski definition) is 3. The predicted octanol–water partition coefficient (Wildman–Crippen LogP) is 3.69. The number of alkyl halides is 3. The Balaban J connectivity index is 2.76. The molecule has 1 aromatic carbocycles. The maximum Gasteiger partial charge on any atom is 0.417 e. The second-order valence-corrected chi connectivity index (χ2v) is 4.10. The van der Waals surface area contributed by atoms with Crippen LogP contribution in [0.5, 0.6) is 0 Å². The molecule has 0 bridgehead atoms. The molecule has 0 aliphatic rings. The Morgan fingerprint density at radius 1 is 1.32 bits per heavy atom. The van der Waals surface area contributed by atoms with E-state index in [9.17, 15) is 18.0 Å². The van der Waals surface area contributed by atoms with Crippen molar-refractivity contribution < 1.29 is 22.7 Å². The van der Waals surface area contributed by atoms with E-state index < -0.39 is 17.7 Å². The summed E-state index contributed by atoms with van der Waals surface area (Å²) in [5.41, 5.74) is -0.856. The summed E-state index contributed by atoms with van der Waals surface area (Å²) in [6.45, 7) is 0. The zero-order valence-electron chi connectivity index (χ0n) is 9.58. The van der Waals surface area contributed by atoms with E-state index in [0.717, 1.165) is 19.2 Å². The van der Waals surface area contributed by atoms with Gasteiger partial charge in [0.2, 0.25) is 0 Å². The first-order valence-corrected chi connectivity index (χ1v) is 5.46. The zero-order chi connectivity index (χ0) is 14.2. The predicted molar refractivity (Wildman–Crippen MR) is 63.1 cm³/mol. The highest BCUT2D eigenvalue weighted by Crippen LogP contribution is 2.36. The average molecular weight is 290 g/mol. The monoisotopic (exact) mass is 289 g/mol. The summed E-state index contributed by atoms with van der Waals surface area (Å²) < 4.78 is 43.2. The number of carbonyl (C=O) groups is 1. The lowest BCUT2D eigenvalue weighted by Gasteiger charge is -2.11. The van der Waals surface area contributed by atoms with Gasteiger partial charge in [-0.25, -0.2) is 9.78 Å². The highest BCUT2D eigenvalue weighted by Gasteiger charge is 2.33. The van der Waals surface area contributed by atoms with E-state index in [4.69, 9.17) is 11.6 Å². The minimum Gasteiger partial charge on any atom is -0.465 e. The SMILES string of the molecule is COC(=O)c1ccc2nc(Cl)cc(C(F)(F)F)c2c1. The van der Waals surface area contributed by atoms with Crippen LogP contribution in [0.2, 0.25) is 5.15 Å². The van der Waals surface area contributed by atoms with Crippen molar-refractivity contribution in [2.45, 2.75) is 6.18 Å². The third-order valence-electron chi connectivity index (χ3n) is 2.50. The van der Waals surface area contributed by atoms with Crippen LogP contribution >= 0.6 is 11.6 Å². The van der Waals surface area contributed by atoms with Gasteiger partial charge >= 0.3 is 12.1 Å². The van der Waals surface area contributed by atoms with Gasteiger partial charge in [-0.05, 0) is 24.3 Å². The minimum absolute atomic E-state index is 0.0182. The largest absolute Gasteiger partial charge is 0.465 e. The number of halogens is 4. The number of fused-ring (bicyclic) bond motifs is 1. The van der Waals surface area contributed by atoms with Crippen LogP contribution in [0.25, 0.3) is 10.9 Å². The number of hydrogen-bond donors (Lipinski definition) is 0. The van der Waals surface area contributed by atoms with Crippen LogP contribution in [-0.4, -0.2) is 18.1 Å². The summed E-state index contributed by atoms with van der Waals surface area (Å²) in [4.78, 5) is 15.1. The van der Waals surface area contributed by atoms with Gasteiger partial charge in [0.15, 0.2) is 0 Å². The van der Waals surface area contributed by atoms with E-state index in [1.165, 1.54) is 12.1 Å². The summed E-state index contributed by atoms with van der Waals surface area (Å²) in [6.07, 6.45) is -4.58. The van der Waals surface area contributed by atoms with Crippen LogP contribution in [0.4, 0.5) is 13.2 Å². The first-order valence-electron chi connectivity index (χ1n) is 5.09. The average Bonchev–Trinajstić information content (AvgIpc) is 2.35. The zero-order valence-corrected chi connectivity index (χ0v) is 10.3. The van der Waals surface area contributed by atoms with Crippen LogP contribution in [0.1, 0.15) is 15.9 Å². The highest BCUT2D eigenvalue weighted by atomic mass is 35.5. The molecule has 2 aromatic rings. The van der Waals surface area contributed by atoms with E-state index in [1.54, 1.807) is 0 Å². The van der Waals surface area contributed by atoms with E-state index in [0.29, 0.717) is 0 Å².